The maximum atomic E-state index is 13.1. The van der Waals surface area contributed by atoms with E-state index in [9.17, 15) is 4.79 Å². The molecule has 1 aromatic heterocycles. The van der Waals surface area contributed by atoms with Gasteiger partial charge in [-0.05, 0) is 24.3 Å². The van der Waals surface area contributed by atoms with Crippen molar-refractivity contribution in [2.24, 2.45) is 4.99 Å². The van der Waals surface area contributed by atoms with E-state index in [0.717, 1.165) is 16.1 Å². The molecule has 0 aliphatic carbocycles. The van der Waals surface area contributed by atoms with Gasteiger partial charge in [0.15, 0.2) is 22.4 Å². The summed E-state index contributed by atoms with van der Waals surface area (Å²) in [5.74, 6) is 1.90. The lowest BCUT2D eigenvalue weighted by molar-refractivity contribution is 0.0970. The van der Waals surface area contributed by atoms with E-state index in [1.54, 1.807) is 23.9 Å². The first-order valence-electron chi connectivity index (χ1n) is 8.77. The molecule has 7 heteroatoms. The number of fused-ring (bicyclic) bond motifs is 1. The van der Waals surface area contributed by atoms with Crippen molar-refractivity contribution in [2.75, 3.05) is 27.1 Å². The van der Waals surface area contributed by atoms with Crippen LogP contribution in [0.2, 0.25) is 0 Å². The normalized spacial score (nSPS) is 16.1. The second-order valence-electron chi connectivity index (χ2n) is 6.26. The number of hydrogen-bond donors (Lipinski definition) is 0. The van der Waals surface area contributed by atoms with E-state index in [-0.39, 0.29) is 5.78 Å². The van der Waals surface area contributed by atoms with Gasteiger partial charge >= 0.3 is 0 Å². The number of para-hydroxylation sites is 1. The molecular formula is C21H20N2O4S. The van der Waals surface area contributed by atoms with Crippen molar-refractivity contribution in [1.29, 1.82) is 0 Å². The molecule has 6 nitrogen and oxygen atoms in total. The fraction of sp³-hybridized carbons (Fsp3) is 0.238. The van der Waals surface area contributed by atoms with Gasteiger partial charge in [-0.1, -0.05) is 30.0 Å². The van der Waals surface area contributed by atoms with Crippen LogP contribution in [0.3, 0.4) is 0 Å². The second kappa shape index (κ2) is 7.59. The molecule has 0 spiro atoms. The molecule has 0 radical (unpaired) electrons. The van der Waals surface area contributed by atoms with E-state index in [1.165, 1.54) is 21.3 Å². The predicted molar refractivity (Wildman–Crippen MR) is 111 cm³/mol. The number of benzene rings is 2. The van der Waals surface area contributed by atoms with E-state index in [2.05, 4.69) is 6.07 Å². The third kappa shape index (κ3) is 3.11. The van der Waals surface area contributed by atoms with Gasteiger partial charge < -0.3 is 14.2 Å². The number of aromatic nitrogens is 1. The Balaban J connectivity index is 1.66. The van der Waals surface area contributed by atoms with Crippen LogP contribution < -0.4 is 14.2 Å². The Kier molecular flexibility index (Phi) is 5.00. The summed E-state index contributed by atoms with van der Waals surface area (Å²) >= 11 is 1.58. The number of aliphatic imine (C=N–C) groups is 1. The zero-order valence-electron chi connectivity index (χ0n) is 15.8. The number of thioether (sulfide) groups is 1. The van der Waals surface area contributed by atoms with Crippen molar-refractivity contribution in [1.82, 2.24) is 4.57 Å². The number of carbonyl (C=O) groups is 1. The Morgan fingerprint density at radius 1 is 1.07 bits per heavy atom. The van der Waals surface area contributed by atoms with Gasteiger partial charge in [0.1, 0.15) is 6.04 Å². The van der Waals surface area contributed by atoms with Gasteiger partial charge in [0, 0.05) is 22.9 Å². The Hall–Kier alpha value is -2.93. The largest absolute Gasteiger partial charge is 0.493 e. The molecule has 3 aromatic rings. The minimum Gasteiger partial charge on any atom is -0.493 e. The van der Waals surface area contributed by atoms with Gasteiger partial charge in [0.2, 0.25) is 5.75 Å². The van der Waals surface area contributed by atoms with Crippen LogP contribution >= 0.6 is 11.8 Å². The second-order valence-corrected chi connectivity index (χ2v) is 7.25. The maximum absolute atomic E-state index is 13.1. The molecule has 0 saturated heterocycles. The van der Waals surface area contributed by atoms with Gasteiger partial charge in [-0.2, -0.15) is 0 Å². The number of Topliss-reactive ketones (excluding diaryl/α,β-unsaturated/α-hetero) is 1. The standard InChI is InChI=1S/C21H20N2O4S/c1-25-17-10-14(11-18(26-2)20(17)27-3)19(24)15-12-28-21(22-15)23-9-8-13-6-4-5-7-16(13)23/h4-11,15H,12H2,1-3H3. The molecule has 2 aromatic carbocycles. The molecule has 1 aliphatic rings. The summed E-state index contributed by atoms with van der Waals surface area (Å²) in [6.45, 7) is 0. The summed E-state index contributed by atoms with van der Waals surface area (Å²) < 4.78 is 18.1. The fourth-order valence-corrected chi connectivity index (χ4v) is 4.33. The summed E-state index contributed by atoms with van der Waals surface area (Å²) in [4.78, 5) is 17.8. The molecule has 4 rings (SSSR count). The number of methoxy groups -OCH3 is 3. The van der Waals surface area contributed by atoms with Crippen molar-refractivity contribution in [2.45, 2.75) is 6.04 Å². The number of ether oxygens (including phenoxy) is 3. The predicted octanol–water partition coefficient (Wildman–Crippen LogP) is 3.87. The highest BCUT2D eigenvalue weighted by Gasteiger charge is 2.29. The van der Waals surface area contributed by atoms with Gasteiger partial charge in [-0.25, -0.2) is 4.99 Å². The van der Waals surface area contributed by atoms with Gasteiger partial charge in [0.05, 0.1) is 26.8 Å². The van der Waals surface area contributed by atoms with E-state index >= 15 is 0 Å². The minimum absolute atomic E-state index is 0.0711. The zero-order chi connectivity index (χ0) is 19.7. The molecule has 2 heterocycles. The Morgan fingerprint density at radius 2 is 1.79 bits per heavy atom. The smallest absolute Gasteiger partial charge is 0.203 e. The van der Waals surface area contributed by atoms with Crippen LogP contribution in [0.1, 0.15) is 10.4 Å². The molecule has 144 valence electrons. The highest BCUT2D eigenvalue weighted by atomic mass is 32.2. The van der Waals surface area contributed by atoms with Crippen molar-refractivity contribution < 1.29 is 19.0 Å². The fourth-order valence-electron chi connectivity index (χ4n) is 3.29. The third-order valence-corrected chi connectivity index (χ3v) is 5.74. The molecule has 1 unspecified atom stereocenters. The maximum Gasteiger partial charge on any atom is 0.203 e. The van der Waals surface area contributed by atoms with Crippen molar-refractivity contribution >= 4 is 33.6 Å². The van der Waals surface area contributed by atoms with E-state index in [1.807, 2.05) is 35.0 Å². The summed E-state index contributed by atoms with van der Waals surface area (Å²) in [5.41, 5.74) is 1.57. The van der Waals surface area contributed by atoms with Crippen molar-refractivity contribution in [3.63, 3.8) is 0 Å². The zero-order valence-corrected chi connectivity index (χ0v) is 16.7. The molecule has 1 aliphatic heterocycles. The molecular weight excluding hydrogens is 376 g/mol. The topological polar surface area (TPSA) is 62.1 Å². The lowest BCUT2D eigenvalue weighted by Crippen LogP contribution is -2.19. The van der Waals surface area contributed by atoms with E-state index < -0.39 is 6.04 Å². The molecule has 28 heavy (non-hydrogen) atoms. The Bertz CT molecular complexity index is 1050. The monoisotopic (exact) mass is 396 g/mol. The van der Waals surface area contributed by atoms with Crippen molar-refractivity contribution in [3.8, 4) is 17.2 Å². The van der Waals surface area contributed by atoms with Crippen LogP contribution in [0.25, 0.3) is 10.9 Å². The Morgan fingerprint density at radius 3 is 2.46 bits per heavy atom. The summed E-state index contributed by atoms with van der Waals surface area (Å²) in [6.07, 6.45) is 1.99. The van der Waals surface area contributed by atoms with Crippen LogP contribution in [0.15, 0.2) is 53.7 Å². The van der Waals surface area contributed by atoms with Crippen LogP contribution in [-0.4, -0.2) is 48.6 Å². The van der Waals surface area contributed by atoms with E-state index in [0.29, 0.717) is 28.6 Å². The van der Waals surface area contributed by atoms with Crippen LogP contribution in [-0.2, 0) is 0 Å². The highest BCUT2D eigenvalue weighted by molar-refractivity contribution is 8.14. The first-order chi connectivity index (χ1) is 13.7. The third-order valence-electron chi connectivity index (χ3n) is 4.69. The highest BCUT2D eigenvalue weighted by Crippen LogP contribution is 2.39. The first kappa shape index (κ1) is 18.4. The molecule has 0 amide bonds. The van der Waals surface area contributed by atoms with Crippen LogP contribution in [0, 0.1) is 0 Å². The number of rotatable bonds is 5. The van der Waals surface area contributed by atoms with Crippen molar-refractivity contribution in [3.05, 3.63) is 54.2 Å². The van der Waals surface area contributed by atoms with Crippen LogP contribution in [0.4, 0.5) is 0 Å². The number of ketones is 1. The quantitative estimate of drug-likeness (QED) is 0.613. The van der Waals surface area contributed by atoms with Crippen LogP contribution in [0.5, 0.6) is 17.2 Å². The van der Waals surface area contributed by atoms with E-state index in [4.69, 9.17) is 19.2 Å². The van der Waals surface area contributed by atoms with Gasteiger partial charge in [-0.15, -0.1) is 0 Å². The molecule has 0 saturated carbocycles. The lowest BCUT2D eigenvalue weighted by Gasteiger charge is -2.14. The minimum atomic E-state index is -0.455. The molecule has 0 fully saturated rings. The number of nitrogens with zero attached hydrogens (tertiary/aromatic N) is 2. The SMILES string of the molecule is COc1cc(C(=O)C2CSC(n3ccc4ccccc43)=N2)cc(OC)c1OC. The number of hydrogen-bond acceptors (Lipinski definition) is 6. The molecule has 1 atom stereocenters. The average Bonchev–Trinajstić information content (AvgIpc) is 3.38. The summed E-state index contributed by atoms with van der Waals surface area (Å²) in [6, 6.07) is 13.1. The molecule has 0 N–H and O–H groups in total. The lowest BCUT2D eigenvalue weighted by atomic mass is 10.0. The summed E-state index contributed by atoms with van der Waals surface area (Å²) in [7, 11) is 4.60. The molecule has 0 bridgehead atoms. The first-order valence-corrected chi connectivity index (χ1v) is 9.76. The van der Waals surface area contributed by atoms with Gasteiger partial charge in [0.25, 0.3) is 0 Å². The average molecular weight is 396 g/mol. The van der Waals surface area contributed by atoms with Gasteiger partial charge in [-0.3, -0.25) is 9.36 Å². The number of carbonyl (C=O) groups excluding carboxylic acids is 1. The Labute approximate surface area is 167 Å². The summed E-state index contributed by atoms with van der Waals surface area (Å²) in [5, 5.41) is 1.97.